The van der Waals surface area contributed by atoms with E-state index in [0.717, 1.165) is 10.4 Å². The van der Waals surface area contributed by atoms with Crippen molar-refractivity contribution >= 4 is 45.8 Å². The number of esters is 2. The SMILES string of the molecule is COC(=O)c1c(NC(=O)COC(=O)c2cc(Cl)ccn2)sc(C)c1C. The second-order valence-electron chi connectivity index (χ2n) is 4.96. The summed E-state index contributed by atoms with van der Waals surface area (Å²) in [5.41, 5.74) is 1.02. The van der Waals surface area contributed by atoms with Gasteiger partial charge >= 0.3 is 11.9 Å². The Hall–Kier alpha value is -2.45. The number of aryl methyl sites for hydroxylation is 1. The number of nitrogens with one attached hydrogen (secondary N) is 1. The summed E-state index contributed by atoms with van der Waals surface area (Å²) in [5.74, 6) is -1.90. The van der Waals surface area contributed by atoms with Crippen molar-refractivity contribution in [1.29, 1.82) is 0 Å². The topological polar surface area (TPSA) is 94.6 Å². The molecule has 0 saturated carbocycles. The molecule has 0 spiro atoms. The lowest BCUT2D eigenvalue weighted by Gasteiger charge is -2.07. The number of amides is 1. The van der Waals surface area contributed by atoms with Crippen molar-refractivity contribution in [2.45, 2.75) is 13.8 Å². The summed E-state index contributed by atoms with van der Waals surface area (Å²) in [6.45, 7) is 3.06. The van der Waals surface area contributed by atoms with Crippen LogP contribution in [0.15, 0.2) is 18.3 Å². The summed E-state index contributed by atoms with van der Waals surface area (Å²) < 4.78 is 9.63. The van der Waals surface area contributed by atoms with Gasteiger partial charge in [0.05, 0.1) is 12.7 Å². The fraction of sp³-hybridized carbons (Fsp3) is 0.250. The molecule has 0 fully saturated rings. The van der Waals surface area contributed by atoms with Crippen LogP contribution in [0.4, 0.5) is 5.00 Å². The molecule has 1 N–H and O–H groups in total. The molecule has 2 heterocycles. The van der Waals surface area contributed by atoms with Crippen molar-refractivity contribution in [2.75, 3.05) is 19.0 Å². The standard InChI is InChI=1S/C16H15ClN2O5S/c1-8-9(2)25-14(13(8)16(22)23-3)19-12(20)7-24-15(21)11-6-10(17)4-5-18-11/h4-6H,7H2,1-3H3,(H,19,20). The molecule has 0 aliphatic heterocycles. The van der Waals surface area contributed by atoms with Crippen molar-refractivity contribution < 1.29 is 23.9 Å². The van der Waals surface area contributed by atoms with Gasteiger partial charge in [0.25, 0.3) is 5.91 Å². The Morgan fingerprint density at radius 3 is 2.64 bits per heavy atom. The lowest BCUT2D eigenvalue weighted by atomic mass is 10.1. The zero-order valence-electron chi connectivity index (χ0n) is 13.7. The molecule has 0 aliphatic carbocycles. The maximum Gasteiger partial charge on any atom is 0.357 e. The Morgan fingerprint density at radius 1 is 1.28 bits per heavy atom. The van der Waals surface area contributed by atoms with Crippen LogP contribution in [0.25, 0.3) is 0 Å². The zero-order valence-corrected chi connectivity index (χ0v) is 15.3. The van der Waals surface area contributed by atoms with Crippen molar-refractivity contribution in [3.8, 4) is 0 Å². The Labute approximate surface area is 152 Å². The monoisotopic (exact) mass is 382 g/mol. The first-order valence-corrected chi connectivity index (χ1v) is 8.29. The highest BCUT2D eigenvalue weighted by atomic mass is 35.5. The number of aromatic nitrogens is 1. The van der Waals surface area contributed by atoms with Gasteiger partial charge in [0, 0.05) is 16.1 Å². The van der Waals surface area contributed by atoms with Gasteiger partial charge < -0.3 is 14.8 Å². The van der Waals surface area contributed by atoms with Crippen LogP contribution in [0.1, 0.15) is 31.3 Å². The van der Waals surface area contributed by atoms with Crippen LogP contribution in [-0.2, 0) is 14.3 Å². The molecule has 25 heavy (non-hydrogen) atoms. The summed E-state index contributed by atoms with van der Waals surface area (Å²) in [6, 6.07) is 2.85. The van der Waals surface area contributed by atoms with E-state index in [1.54, 1.807) is 6.92 Å². The number of thiophene rings is 1. The second-order valence-corrected chi connectivity index (χ2v) is 6.62. The smallest absolute Gasteiger partial charge is 0.357 e. The Morgan fingerprint density at radius 2 is 2.00 bits per heavy atom. The minimum atomic E-state index is -0.774. The van der Waals surface area contributed by atoms with Gasteiger partial charge in [-0.25, -0.2) is 14.6 Å². The molecule has 0 bridgehead atoms. The van der Waals surface area contributed by atoms with E-state index in [2.05, 4.69) is 10.3 Å². The zero-order chi connectivity index (χ0) is 18.6. The number of carbonyl (C=O) groups is 3. The van der Waals surface area contributed by atoms with Crippen LogP contribution in [0.2, 0.25) is 5.02 Å². The fourth-order valence-corrected chi connectivity index (χ4v) is 3.17. The number of methoxy groups -OCH3 is 1. The van der Waals surface area contributed by atoms with Gasteiger partial charge in [-0.05, 0) is 31.5 Å². The van der Waals surface area contributed by atoms with Crippen LogP contribution in [0.5, 0.6) is 0 Å². The first-order chi connectivity index (χ1) is 11.8. The summed E-state index contributed by atoms with van der Waals surface area (Å²) in [5, 5.41) is 3.24. The molecule has 2 aromatic heterocycles. The lowest BCUT2D eigenvalue weighted by Crippen LogP contribution is -2.22. The number of anilines is 1. The van der Waals surface area contributed by atoms with E-state index in [0.29, 0.717) is 15.6 Å². The normalized spacial score (nSPS) is 10.2. The Balaban J connectivity index is 2.02. The van der Waals surface area contributed by atoms with Crippen LogP contribution >= 0.6 is 22.9 Å². The van der Waals surface area contributed by atoms with Gasteiger partial charge in [-0.3, -0.25) is 4.79 Å². The summed E-state index contributed by atoms with van der Waals surface area (Å²) in [6.07, 6.45) is 1.36. The highest BCUT2D eigenvalue weighted by Gasteiger charge is 2.22. The molecule has 2 rings (SSSR count). The van der Waals surface area contributed by atoms with E-state index >= 15 is 0 Å². The first kappa shape index (κ1) is 18.9. The van der Waals surface area contributed by atoms with Crippen LogP contribution in [0.3, 0.4) is 0 Å². The molecule has 0 aliphatic rings. The van der Waals surface area contributed by atoms with Gasteiger partial charge in [-0.2, -0.15) is 0 Å². The molecule has 2 aromatic rings. The van der Waals surface area contributed by atoms with Crippen molar-refractivity contribution in [1.82, 2.24) is 4.98 Å². The predicted molar refractivity (Wildman–Crippen MR) is 93.3 cm³/mol. The quantitative estimate of drug-likeness (QED) is 0.799. The summed E-state index contributed by atoms with van der Waals surface area (Å²) in [4.78, 5) is 40.4. The van der Waals surface area contributed by atoms with E-state index in [1.165, 1.54) is 36.8 Å². The fourth-order valence-electron chi connectivity index (χ4n) is 1.95. The van der Waals surface area contributed by atoms with Crippen molar-refractivity contribution in [2.24, 2.45) is 0 Å². The third kappa shape index (κ3) is 4.55. The average Bonchev–Trinajstić information content (AvgIpc) is 2.86. The number of pyridine rings is 1. The lowest BCUT2D eigenvalue weighted by molar-refractivity contribution is -0.119. The van der Waals surface area contributed by atoms with Gasteiger partial charge in [-0.1, -0.05) is 11.6 Å². The Bertz CT molecular complexity index is 834. The average molecular weight is 383 g/mol. The highest BCUT2D eigenvalue weighted by Crippen LogP contribution is 2.32. The molecule has 0 radical (unpaired) electrons. The number of hydrogen-bond acceptors (Lipinski definition) is 7. The number of rotatable bonds is 5. The van der Waals surface area contributed by atoms with Gasteiger partial charge in [0.1, 0.15) is 10.7 Å². The van der Waals surface area contributed by atoms with Gasteiger partial charge in [-0.15, -0.1) is 11.3 Å². The highest BCUT2D eigenvalue weighted by molar-refractivity contribution is 7.16. The minimum absolute atomic E-state index is 0.00152. The molecule has 0 aromatic carbocycles. The predicted octanol–water partition coefficient (Wildman–Crippen LogP) is 3.00. The number of ether oxygens (including phenoxy) is 2. The molecule has 0 atom stereocenters. The van der Waals surface area contributed by atoms with E-state index in [-0.39, 0.29) is 5.69 Å². The largest absolute Gasteiger partial charge is 0.465 e. The number of carbonyl (C=O) groups excluding carboxylic acids is 3. The van der Waals surface area contributed by atoms with E-state index in [1.807, 2.05) is 6.92 Å². The van der Waals surface area contributed by atoms with Gasteiger partial charge in [0.15, 0.2) is 6.61 Å². The van der Waals surface area contributed by atoms with Crippen LogP contribution < -0.4 is 5.32 Å². The third-order valence-electron chi connectivity index (χ3n) is 3.29. The number of nitrogens with zero attached hydrogens (tertiary/aromatic N) is 1. The van der Waals surface area contributed by atoms with Crippen LogP contribution in [-0.4, -0.2) is 36.5 Å². The third-order valence-corrected chi connectivity index (χ3v) is 4.65. The summed E-state index contributed by atoms with van der Waals surface area (Å²) >= 11 is 7.01. The number of hydrogen-bond donors (Lipinski definition) is 1. The van der Waals surface area contributed by atoms with Crippen molar-refractivity contribution in [3.05, 3.63) is 45.1 Å². The van der Waals surface area contributed by atoms with E-state index in [9.17, 15) is 14.4 Å². The maximum atomic E-state index is 12.0. The molecule has 0 saturated heterocycles. The van der Waals surface area contributed by atoms with E-state index < -0.39 is 24.5 Å². The molecular weight excluding hydrogens is 368 g/mol. The molecule has 7 nitrogen and oxygen atoms in total. The summed E-state index contributed by atoms with van der Waals surface area (Å²) in [7, 11) is 1.26. The minimum Gasteiger partial charge on any atom is -0.465 e. The maximum absolute atomic E-state index is 12.0. The van der Waals surface area contributed by atoms with E-state index in [4.69, 9.17) is 21.1 Å². The first-order valence-electron chi connectivity index (χ1n) is 7.10. The van der Waals surface area contributed by atoms with Crippen LogP contribution in [0, 0.1) is 13.8 Å². The van der Waals surface area contributed by atoms with Gasteiger partial charge in [0.2, 0.25) is 0 Å². The molecule has 1 amide bonds. The molecular formula is C16H15ClN2O5S. The Kier molecular flexibility index (Phi) is 6.11. The number of halogens is 1. The molecule has 9 heteroatoms. The molecule has 132 valence electrons. The van der Waals surface area contributed by atoms with Crippen molar-refractivity contribution in [3.63, 3.8) is 0 Å². The molecule has 0 unspecified atom stereocenters. The second kappa shape index (κ2) is 8.09.